The van der Waals surface area contributed by atoms with Crippen molar-refractivity contribution in [3.05, 3.63) is 71.8 Å². The van der Waals surface area contributed by atoms with Crippen LogP contribution in [0.15, 0.2) is 60.7 Å². The topological polar surface area (TPSA) is 148 Å². The van der Waals surface area contributed by atoms with E-state index in [1.54, 1.807) is 30.3 Å². The van der Waals surface area contributed by atoms with Crippen molar-refractivity contribution in [1.29, 1.82) is 0 Å². The van der Waals surface area contributed by atoms with Crippen LogP contribution in [0.4, 0.5) is 0 Å². The Hall–Kier alpha value is -3.72. The van der Waals surface area contributed by atoms with E-state index in [4.69, 9.17) is 10.5 Å². The number of hydrogen-bond acceptors (Lipinski definition) is 5. The molecule has 0 aliphatic carbocycles. The number of carboxylic acid groups (broad SMARTS) is 1. The lowest BCUT2D eigenvalue weighted by Crippen LogP contribution is -2.64. The fourth-order valence-corrected chi connectivity index (χ4v) is 3.27. The second-order valence-corrected chi connectivity index (χ2v) is 7.43. The number of carbonyl (C=O) groups is 4. The van der Waals surface area contributed by atoms with Gasteiger partial charge < -0.3 is 26.2 Å². The molecule has 0 fully saturated rings. The summed E-state index contributed by atoms with van der Waals surface area (Å²) in [6.45, 7) is 1.16. The van der Waals surface area contributed by atoms with Gasteiger partial charge in [-0.1, -0.05) is 60.7 Å². The molecule has 5 N–H and O–H groups in total. The van der Waals surface area contributed by atoms with E-state index >= 15 is 0 Å². The molecule has 0 bridgehead atoms. The number of nitrogens with two attached hydrogens (primary N) is 1. The predicted octanol–water partition coefficient (Wildman–Crippen LogP) is 0.766. The highest BCUT2D eigenvalue weighted by molar-refractivity contribution is 5.97. The van der Waals surface area contributed by atoms with Gasteiger partial charge in [-0.25, -0.2) is 0 Å². The minimum atomic E-state index is -1.83. The molecule has 0 unspecified atom stereocenters. The number of rotatable bonds is 12. The van der Waals surface area contributed by atoms with E-state index in [0.717, 1.165) is 5.56 Å². The standard InChI is InChI=1S/C23H27N3O6/c1-16(27)26-23(13-20(28)29,12-17-8-4-2-5-9-17)22(31)25-19(21(24)30)15-32-14-18-10-6-3-7-11-18/h2-11,19H,12-15H2,1H3,(H2,24,30)(H,25,31)(H,26,27)(H,28,29)/t19-,23-/m0/s1. The Labute approximate surface area is 185 Å². The van der Waals surface area contributed by atoms with Gasteiger partial charge >= 0.3 is 5.97 Å². The van der Waals surface area contributed by atoms with Crippen molar-refractivity contribution in [2.75, 3.05) is 6.61 Å². The molecule has 9 nitrogen and oxygen atoms in total. The first kappa shape index (κ1) is 24.5. The van der Waals surface area contributed by atoms with E-state index in [1.807, 2.05) is 30.3 Å². The highest BCUT2D eigenvalue weighted by Gasteiger charge is 2.43. The lowest BCUT2D eigenvalue weighted by atomic mass is 9.86. The molecule has 2 aromatic carbocycles. The zero-order valence-electron chi connectivity index (χ0n) is 17.7. The first-order valence-corrected chi connectivity index (χ1v) is 9.98. The molecule has 0 aliphatic rings. The molecule has 2 atom stereocenters. The van der Waals surface area contributed by atoms with Gasteiger partial charge in [0.1, 0.15) is 11.6 Å². The van der Waals surface area contributed by atoms with Gasteiger partial charge in [0.05, 0.1) is 19.6 Å². The quantitative estimate of drug-likeness (QED) is 0.382. The Morgan fingerprint density at radius 3 is 2.06 bits per heavy atom. The average molecular weight is 441 g/mol. The molecule has 0 aromatic heterocycles. The number of nitrogens with one attached hydrogen (secondary N) is 2. The average Bonchev–Trinajstić information content (AvgIpc) is 2.73. The third kappa shape index (κ3) is 7.51. The van der Waals surface area contributed by atoms with Crippen LogP contribution in [-0.2, 0) is 36.9 Å². The van der Waals surface area contributed by atoms with E-state index in [9.17, 15) is 24.3 Å². The SMILES string of the molecule is CC(=O)N[C@](CC(=O)O)(Cc1ccccc1)C(=O)N[C@@H](COCc1ccccc1)C(N)=O. The van der Waals surface area contributed by atoms with Crippen LogP contribution >= 0.6 is 0 Å². The molecule has 32 heavy (non-hydrogen) atoms. The smallest absolute Gasteiger partial charge is 0.306 e. The maximum absolute atomic E-state index is 13.2. The summed E-state index contributed by atoms with van der Waals surface area (Å²) < 4.78 is 5.52. The minimum Gasteiger partial charge on any atom is -0.481 e. The van der Waals surface area contributed by atoms with Crippen LogP contribution in [0.5, 0.6) is 0 Å². The van der Waals surface area contributed by atoms with Crippen LogP contribution in [0.25, 0.3) is 0 Å². The van der Waals surface area contributed by atoms with Crippen molar-refractivity contribution in [3.8, 4) is 0 Å². The summed E-state index contributed by atoms with van der Waals surface area (Å²) in [4.78, 5) is 48.6. The summed E-state index contributed by atoms with van der Waals surface area (Å²) in [6, 6.07) is 16.6. The Morgan fingerprint density at radius 1 is 1.00 bits per heavy atom. The fourth-order valence-electron chi connectivity index (χ4n) is 3.27. The largest absolute Gasteiger partial charge is 0.481 e. The fraction of sp³-hybridized carbons (Fsp3) is 0.304. The van der Waals surface area contributed by atoms with E-state index in [0.29, 0.717) is 5.56 Å². The van der Waals surface area contributed by atoms with Crippen molar-refractivity contribution < 1.29 is 29.0 Å². The number of aliphatic carboxylic acids is 1. The van der Waals surface area contributed by atoms with Gasteiger partial charge in [-0.05, 0) is 11.1 Å². The number of ether oxygens (including phenoxy) is 1. The van der Waals surface area contributed by atoms with Gasteiger partial charge in [0.15, 0.2) is 0 Å². The van der Waals surface area contributed by atoms with Gasteiger partial charge in [-0.2, -0.15) is 0 Å². The van der Waals surface area contributed by atoms with Crippen LogP contribution in [0.2, 0.25) is 0 Å². The lowest BCUT2D eigenvalue weighted by Gasteiger charge is -2.33. The van der Waals surface area contributed by atoms with E-state index in [2.05, 4.69) is 10.6 Å². The molecule has 0 radical (unpaired) electrons. The molecule has 0 heterocycles. The highest BCUT2D eigenvalue weighted by Crippen LogP contribution is 2.19. The lowest BCUT2D eigenvalue weighted by molar-refractivity contribution is -0.144. The highest BCUT2D eigenvalue weighted by atomic mass is 16.5. The monoisotopic (exact) mass is 441 g/mol. The molecule has 0 saturated heterocycles. The van der Waals surface area contributed by atoms with Crippen molar-refractivity contribution >= 4 is 23.7 Å². The summed E-state index contributed by atoms with van der Waals surface area (Å²) in [6.07, 6.45) is -0.786. The zero-order valence-corrected chi connectivity index (χ0v) is 17.7. The van der Waals surface area contributed by atoms with Gasteiger partial charge in [-0.3, -0.25) is 19.2 Å². The van der Waals surface area contributed by atoms with Crippen molar-refractivity contribution in [3.63, 3.8) is 0 Å². The minimum absolute atomic E-state index is 0.0953. The summed E-state index contributed by atoms with van der Waals surface area (Å²) in [7, 11) is 0. The number of amides is 3. The molecule has 0 spiro atoms. The van der Waals surface area contributed by atoms with Crippen molar-refractivity contribution in [2.45, 2.75) is 38.0 Å². The molecule has 3 amide bonds. The second-order valence-electron chi connectivity index (χ2n) is 7.43. The summed E-state index contributed by atoms with van der Waals surface area (Å²) in [5, 5.41) is 14.4. The number of primary amides is 1. The molecule has 9 heteroatoms. The predicted molar refractivity (Wildman–Crippen MR) is 116 cm³/mol. The van der Waals surface area contributed by atoms with Gasteiger partial charge in [-0.15, -0.1) is 0 Å². The summed E-state index contributed by atoms with van der Waals surface area (Å²) in [5.41, 5.74) is 5.10. The molecule has 170 valence electrons. The van der Waals surface area contributed by atoms with Crippen LogP contribution in [-0.4, -0.2) is 47.0 Å². The summed E-state index contributed by atoms with van der Waals surface area (Å²) >= 11 is 0. The van der Waals surface area contributed by atoms with E-state index in [1.165, 1.54) is 6.92 Å². The first-order valence-electron chi connectivity index (χ1n) is 9.98. The maximum Gasteiger partial charge on any atom is 0.306 e. The van der Waals surface area contributed by atoms with Crippen LogP contribution in [0.3, 0.4) is 0 Å². The molecule has 0 saturated carbocycles. The Bertz CT molecular complexity index is 917. The van der Waals surface area contributed by atoms with Gasteiger partial charge in [0, 0.05) is 13.3 Å². The van der Waals surface area contributed by atoms with Crippen molar-refractivity contribution in [1.82, 2.24) is 10.6 Å². The molecular weight excluding hydrogens is 414 g/mol. The van der Waals surface area contributed by atoms with Gasteiger partial charge in [0.2, 0.25) is 17.7 Å². The normalized spacial score (nSPS) is 13.4. The Kier molecular flexibility index (Phi) is 8.91. The summed E-state index contributed by atoms with van der Waals surface area (Å²) in [5.74, 6) is -3.57. The number of benzene rings is 2. The molecule has 2 rings (SSSR count). The second kappa shape index (κ2) is 11.6. The van der Waals surface area contributed by atoms with Crippen LogP contribution < -0.4 is 16.4 Å². The Balaban J connectivity index is 2.21. The maximum atomic E-state index is 13.2. The van der Waals surface area contributed by atoms with Gasteiger partial charge in [0.25, 0.3) is 0 Å². The number of carbonyl (C=O) groups excluding carboxylic acids is 3. The molecule has 2 aromatic rings. The first-order chi connectivity index (χ1) is 15.2. The third-order valence-electron chi connectivity index (χ3n) is 4.70. The number of hydrogen-bond donors (Lipinski definition) is 4. The van der Waals surface area contributed by atoms with Crippen molar-refractivity contribution in [2.24, 2.45) is 5.73 Å². The van der Waals surface area contributed by atoms with Crippen LogP contribution in [0, 0.1) is 0 Å². The van der Waals surface area contributed by atoms with Crippen LogP contribution in [0.1, 0.15) is 24.5 Å². The van der Waals surface area contributed by atoms with E-state index in [-0.39, 0.29) is 19.6 Å². The number of carboxylic acids is 1. The Morgan fingerprint density at radius 2 is 1.56 bits per heavy atom. The zero-order chi connectivity index (χ0) is 23.6. The third-order valence-corrected chi connectivity index (χ3v) is 4.70. The molecule has 0 aliphatic heterocycles. The molecular formula is C23H27N3O6. The van der Waals surface area contributed by atoms with E-state index < -0.39 is 41.7 Å².